The SMILES string of the molecule is CCCNc1nc(SC)ncc1-c1nn(C(C)Br)c(=O)o1. The summed E-state index contributed by atoms with van der Waals surface area (Å²) in [4.78, 5) is 20.1. The van der Waals surface area contributed by atoms with E-state index < -0.39 is 5.76 Å². The van der Waals surface area contributed by atoms with Gasteiger partial charge in [0.25, 0.3) is 5.89 Å². The van der Waals surface area contributed by atoms with Crippen LogP contribution in [-0.2, 0) is 0 Å². The van der Waals surface area contributed by atoms with Crippen LogP contribution < -0.4 is 11.1 Å². The summed E-state index contributed by atoms with van der Waals surface area (Å²) in [7, 11) is 0. The molecule has 0 aliphatic rings. The number of nitrogens with one attached hydrogen (secondary N) is 1. The lowest BCUT2D eigenvalue weighted by Gasteiger charge is -2.08. The van der Waals surface area contributed by atoms with E-state index in [9.17, 15) is 4.79 Å². The van der Waals surface area contributed by atoms with Crippen LogP contribution in [0.3, 0.4) is 0 Å². The largest absolute Gasteiger partial charge is 0.438 e. The molecular weight excluding hydrogens is 358 g/mol. The zero-order chi connectivity index (χ0) is 15.4. The zero-order valence-electron chi connectivity index (χ0n) is 12.0. The molecular formula is C12H16BrN5O2S. The lowest BCUT2D eigenvalue weighted by Crippen LogP contribution is -2.16. The first kappa shape index (κ1) is 16.0. The molecule has 0 radical (unpaired) electrons. The number of halogens is 1. The van der Waals surface area contributed by atoms with Gasteiger partial charge in [-0.2, -0.15) is 4.68 Å². The van der Waals surface area contributed by atoms with Crippen molar-refractivity contribution in [3.8, 4) is 11.5 Å². The molecule has 9 heteroatoms. The van der Waals surface area contributed by atoms with Gasteiger partial charge < -0.3 is 9.73 Å². The highest BCUT2D eigenvalue weighted by molar-refractivity contribution is 9.09. The van der Waals surface area contributed by atoms with Crippen LogP contribution in [0.1, 0.15) is 25.2 Å². The van der Waals surface area contributed by atoms with Crippen molar-refractivity contribution in [2.24, 2.45) is 0 Å². The van der Waals surface area contributed by atoms with Crippen molar-refractivity contribution in [2.75, 3.05) is 18.1 Å². The fourth-order valence-corrected chi connectivity index (χ4v) is 2.22. The fourth-order valence-electron chi connectivity index (χ4n) is 1.62. The van der Waals surface area contributed by atoms with E-state index in [0.717, 1.165) is 13.0 Å². The first-order chi connectivity index (χ1) is 10.1. The molecule has 0 saturated carbocycles. The van der Waals surface area contributed by atoms with Crippen molar-refractivity contribution >= 4 is 33.5 Å². The Morgan fingerprint density at radius 3 is 2.90 bits per heavy atom. The molecule has 0 aliphatic heterocycles. The first-order valence-electron chi connectivity index (χ1n) is 6.45. The van der Waals surface area contributed by atoms with Crippen LogP contribution in [0, 0.1) is 0 Å². The Balaban J connectivity index is 2.46. The molecule has 2 aromatic rings. The summed E-state index contributed by atoms with van der Waals surface area (Å²) in [5.41, 5.74) is 0.574. The highest BCUT2D eigenvalue weighted by atomic mass is 79.9. The van der Waals surface area contributed by atoms with Crippen LogP contribution in [-0.4, -0.2) is 32.5 Å². The normalized spacial score (nSPS) is 12.4. The maximum Gasteiger partial charge on any atom is 0.438 e. The molecule has 7 nitrogen and oxygen atoms in total. The Morgan fingerprint density at radius 1 is 1.57 bits per heavy atom. The average molecular weight is 374 g/mol. The van der Waals surface area contributed by atoms with Crippen LogP contribution in [0.15, 0.2) is 20.6 Å². The van der Waals surface area contributed by atoms with Crippen molar-refractivity contribution in [3.05, 3.63) is 16.7 Å². The van der Waals surface area contributed by atoms with Crippen molar-refractivity contribution in [1.82, 2.24) is 19.7 Å². The summed E-state index contributed by atoms with van der Waals surface area (Å²) in [5, 5.41) is 8.02. The van der Waals surface area contributed by atoms with E-state index in [1.807, 2.05) is 6.26 Å². The third kappa shape index (κ3) is 3.65. The standard InChI is InChI=1S/C12H16BrN5O2S/c1-4-5-14-9-8(6-15-11(16-9)21-3)10-17-18(7(2)13)12(19)20-10/h6-7H,4-5H2,1-3H3,(H,14,15,16). The van der Waals surface area contributed by atoms with Crippen molar-refractivity contribution in [2.45, 2.75) is 30.4 Å². The number of rotatable bonds is 6. The molecule has 21 heavy (non-hydrogen) atoms. The molecule has 0 saturated heterocycles. The highest BCUT2D eigenvalue weighted by Gasteiger charge is 2.18. The minimum Gasteiger partial charge on any atom is -0.387 e. The van der Waals surface area contributed by atoms with Crippen LogP contribution in [0.5, 0.6) is 0 Å². The van der Waals surface area contributed by atoms with Crippen molar-refractivity contribution < 1.29 is 4.42 Å². The topological polar surface area (TPSA) is 85.8 Å². The van der Waals surface area contributed by atoms with E-state index in [0.29, 0.717) is 16.5 Å². The second-order valence-corrected chi connectivity index (χ2v) is 6.34. The number of anilines is 1. The minimum atomic E-state index is -0.523. The molecule has 1 N–H and O–H groups in total. The second kappa shape index (κ2) is 7.08. The van der Waals surface area contributed by atoms with Gasteiger partial charge in [-0.05, 0) is 19.6 Å². The molecule has 0 bridgehead atoms. The van der Waals surface area contributed by atoms with E-state index in [1.165, 1.54) is 16.4 Å². The summed E-state index contributed by atoms with van der Waals surface area (Å²) in [6.45, 7) is 4.61. The fraction of sp³-hybridized carbons (Fsp3) is 0.500. The van der Waals surface area contributed by atoms with Crippen molar-refractivity contribution in [1.29, 1.82) is 0 Å². The zero-order valence-corrected chi connectivity index (χ0v) is 14.4. The number of hydrogen-bond donors (Lipinski definition) is 1. The molecule has 0 aromatic carbocycles. The second-order valence-electron chi connectivity index (χ2n) is 4.24. The molecule has 2 aromatic heterocycles. The number of nitrogens with zero attached hydrogens (tertiary/aromatic N) is 4. The van der Waals surface area contributed by atoms with Crippen molar-refractivity contribution in [3.63, 3.8) is 0 Å². The Kier molecular flexibility index (Phi) is 5.40. The lowest BCUT2D eigenvalue weighted by molar-refractivity contribution is 0.488. The smallest absolute Gasteiger partial charge is 0.387 e. The molecule has 1 atom stereocenters. The maximum atomic E-state index is 11.7. The van der Waals surface area contributed by atoms with Crippen LogP contribution >= 0.6 is 27.7 Å². The number of aromatic nitrogens is 4. The molecule has 2 heterocycles. The average Bonchev–Trinajstić information content (AvgIpc) is 2.86. The predicted octanol–water partition coefficient (Wildman–Crippen LogP) is 2.75. The first-order valence-corrected chi connectivity index (χ1v) is 8.59. The molecule has 1 unspecified atom stereocenters. The number of hydrogen-bond acceptors (Lipinski definition) is 7. The van der Waals surface area contributed by atoms with Gasteiger partial charge in [-0.3, -0.25) is 0 Å². The van der Waals surface area contributed by atoms with Gasteiger partial charge >= 0.3 is 5.76 Å². The Bertz CT molecular complexity index is 670. The van der Waals surface area contributed by atoms with Gasteiger partial charge in [0.15, 0.2) is 5.16 Å². The van der Waals surface area contributed by atoms with Crippen LogP contribution in [0.4, 0.5) is 5.82 Å². The lowest BCUT2D eigenvalue weighted by atomic mass is 10.3. The van der Waals surface area contributed by atoms with E-state index >= 15 is 0 Å². The van der Waals surface area contributed by atoms with Gasteiger partial charge in [-0.15, -0.1) is 5.10 Å². The Hall–Kier alpha value is -1.35. The number of alkyl halides is 1. The van der Waals surface area contributed by atoms with Gasteiger partial charge in [-0.25, -0.2) is 14.8 Å². The maximum absolute atomic E-state index is 11.7. The van der Waals surface area contributed by atoms with Crippen LogP contribution in [0.2, 0.25) is 0 Å². The van der Waals surface area contributed by atoms with Gasteiger partial charge in [-0.1, -0.05) is 34.6 Å². The molecule has 0 spiro atoms. The highest BCUT2D eigenvalue weighted by Crippen LogP contribution is 2.26. The predicted molar refractivity (Wildman–Crippen MR) is 86.0 cm³/mol. The van der Waals surface area contributed by atoms with Gasteiger partial charge in [0.1, 0.15) is 10.8 Å². The third-order valence-corrected chi connectivity index (χ3v) is 3.58. The quantitative estimate of drug-likeness (QED) is 0.473. The summed E-state index contributed by atoms with van der Waals surface area (Å²) < 4.78 is 6.42. The summed E-state index contributed by atoms with van der Waals surface area (Å²) in [5.74, 6) is 0.300. The monoisotopic (exact) mass is 373 g/mol. The Labute approximate surface area is 134 Å². The van der Waals surface area contributed by atoms with E-state index in [4.69, 9.17) is 4.42 Å². The minimum absolute atomic E-state index is 0.206. The van der Waals surface area contributed by atoms with Gasteiger partial charge in [0, 0.05) is 12.7 Å². The molecule has 0 amide bonds. The summed E-state index contributed by atoms with van der Waals surface area (Å²) >= 11 is 4.74. The Morgan fingerprint density at radius 2 is 2.33 bits per heavy atom. The molecule has 2 rings (SSSR count). The molecule has 0 fully saturated rings. The van der Waals surface area contributed by atoms with Gasteiger partial charge in [0.05, 0.1) is 5.56 Å². The van der Waals surface area contributed by atoms with E-state index in [2.05, 4.69) is 43.2 Å². The van der Waals surface area contributed by atoms with Crippen LogP contribution in [0.25, 0.3) is 11.5 Å². The number of thioether (sulfide) groups is 1. The van der Waals surface area contributed by atoms with E-state index in [1.54, 1.807) is 13.1 Å². The summed E-state index contributed by atoms with van der Waals surface area (Å²) in [6, 6.07) is 0. The molecule has 0 aliphatic carbocycles. The van der Waals surface area contributed by atoms with Gasteiger partial charge in [0.2, 0.25) is 0 Å². The molecule has 114 valence electrons. The third-order valence-electron chi connectivity index (χ3n) is 2.63. The van der Waals surface area contributed by atoms with E-state index in [-0.39, 0.29) is 10.8 Å². The summed E-state index contributed by atoms with van der Waals surface area (Å²) in [6.07, 6.45) is 4.47.